The van der Waals surface area contributed by atoms with E-state index in [9.17, 15) is 13.6 Å². The lowest BCUT2D eigenvalue weighted by Crippen LogP contribution is -2.48. The monoisotopic (exact) mass is 470 g/mol. The summed E-state index contributed by atoms with van der Waals surface area (Å²) in [5, 5.41) is 0.701. The van der Waals surface area contributed by atoms with Crippen LogP contribution in [0.1, 0.15) is 27.0 Å². The first kappa shape index (κ1) is 23.2. The highest BCUT2D eigenvalue weighted by molar-refractivity contribution is 6.31. The second-order valence-electron chi connectivity index (χ2n) is 8.18. The van der Waals surface area contributed by atoms with E-state index in [0.29, 0.717) is 55.5 Å². The largest absolute Gasteiger partial charge is 0.489 e. The van der Waals surface area contributed by atoms with E-state index in [1.54, 1.807) is 11.0 Å². The number of carbonyl (C=O) groups is 1. The topological polar surface area (TPSA) is 32.8 Å². The zero-order chi connectivity index (χ0) is 23.4. The van der Waals surface area contributed by atoms with Crippen LogP contribution in [0.25, 0.3) is 0 Å². The van der Waals surface area contributed by atoms with Gasteiger partial charge in [0.15, 0.2) is 11.6 Å². The molecule has 0 radical (unpaired) electrons. The molecule has 0 spiro atoms. The molecule has 3 aromatic carbocycles. The van der Waals surface area contributed by atoms with E-state index in [4.69, 9.17) is 16.3 Å². The maximum atomic E-state index is 13.9. The number of piperazine rings is 1. The number of rotatable bonds is 6. The molecule has 33 heavy (non-hydrogen) atoms. The van der Waals surface area contributed by atoms with Crippen LogP contribution in [0.15, 0.2) is 60.7 Å². The van der Waals surface area contributed by atoms with Gasteiger partial charge in [0, 0.05) is 48.9 Å². The first-order valence-corrected chi connectivity index (χ1v) is 11.2. The molecular weight excluding hydrogens is 446 g/mol. The second kappa shape index (κ2) is 10.3. The Morgan fingerprint density at radius 3 is 2.42 bits per heavy atom. The van der Waals surface area contributed by atoms with Crippen molar-refractivity contribution in [1.29, 1.82) is 0 Å². The summed E-state index contributed by atoms with van der Waals surface area (Å²) in [6.07, 6.45) is 0. The summed E-state index contributed by atoms with van der Waals surface area (Å²) in [5.74, 6) is -0.926. The summed E-state index contributed by atoms with van der Waals surface area (Å²) in [6, 6.07) is 17.1. The third-order valence-corrected chi connectivity index (χ3v) is 6.24. The van der Waals surface area contributed by atoms with E-state index in [0.717, 1.165) is 22.9 Å². The molecule has 0 saturated carbocycles. The van der Waals surface area contributed by atoms with Gasteiger partial charge in [-0.1, -0.05) is 35.9 Å². The molecule has 7 heteroatoms. The van der Waals surface area contributed by atoms with E-state index in [1.807, 2.05) is 54.3 Å². The maximum Gasteiger partial charge on any atom is 0.253 e. The molecule has 1 aliphatic heterocycles. The van der Waals surface area contributed by atoms with Crippen molar-refractivity contribution in [1.82, 2.24) is 9.80 Å². The molecule has 0 aromatic heterocycles. The SMILES string of the molecule is Cc1cc(OCc2ccc(C(=O)N3CCN(Cc4cccc(F)c4F)CC3)cc2)ccc1Cl. The molecule has 4 rings (SSSR count). The summed E-state index contributed by atoms with van der Waals surface area (Å²) in [4.78, 5) is 16.7. The first-order chi connectivity index (χ1) is 15.9. The van der Waals surface area contributed by atoms with Crippen molar-refractivity contribution in [2.75, 3.05) is 26.2 Å². The van der Waals surface area contributed by atoms with Crippen LogP contribution in [-0.4, -0.2) is 41.9 Å². The average molecular weight is 471 g/mol. The van der Waals surface area contributed by atoms with Gasteiger partial charge in [0.1, 0.15) is 12.4 Å². The molecule has 0 unspecified atom stereocenters. The highest BCUT2D eigenvalue weighted by Crippen LogP contribution is 2.22. The quantitative estimate of drug-likeness (QED) is 0.479. The lowest BCUT2D eigenvalue weighted by molar-refractivity contribution is 0.0627. The van der Waals surface area contributed by atoms with E-state index >= 15 is 0 Å². The molecular formula is C26H25ClF2N2O2. The number of halogens is 3. The predicted octanol–water partition coefficient (Wildman–Crippen LogP) is 5.46. The zero-order valence-corrected chi connectivity index (χ0v) is 19.1. The van der Waals surface area contributed by atoms with Crippen LogP contribution < -0.4 is 4.74 Å². The number of hydrogen-bond acceptors (Lipinski definition) is 3. The van der Waals surface area contributed by atoms with Gasteiger partial charge in [0.25, 0.3) is 5.91 Å². The number of ether oxygens (including phenoxy) is 1. The Morgan fingerprint density at radius 1 is 1.00 bits per heavy atom. The summed E-state index contributed by atoms with van der Waals surface area (Å²) in [5.41, 5.74) is 2.87. The van der Waals surface area contributed by atoms with E-state index in [1.165, 1.54) is 6.07 Å². The van der Waals surface area contributed by atoms with Gasteiger partial charge < -0.3 is 9.64 Å². The van der Waals surface area contributed by atoms with Crippen molar-refractivity contribution in [3.63, 3.8) is 0 Å². The fourth-order valence-electron chi connectivity index (χ4n) is 3.82. The summed E-state index contributed by atoms with van der Waals surface area (Å²) >= 11 is 6.04. The van der Waals surface area contributed by atoms with Crippen LogP contribution in [0.5, 0.6) is 5.75 Å². The van der Waals surface area contributed by atoms with Gasteiger partial charge in [0.2, 0.25) is 0 Å². The van der Waals surface area contributed by atoms with Crippen molar-refractivity contribution in [2.45, 2.75) is 20.1 Å². The Balaban J connectivity index is 1.28. The lowest BCUT2D eigenvalue weighted by Gasteiger charge is -2.34. The number of carbonyl (C=O) groups excluding carboxylic acids is 1. The molecule has 0 bridgehead atoms. The zero-order valence-electron chi connectivity index (χ0n) is 18.4. The molecule has 0 atom stereocenters. The van der Waals surface area contributed by atoms with E-state index < -0.39 is 11.6 Å². The Bertz CT molecular complexity index is 1130. The fraction of sp³-hybridized carbons (Fsp3) is 0.269. The number of benzene rings is 3. The molecule has 1 heterocycles. The average Bonchev–Trinajstić information content (AvgIpc) is 2.83. The normalized spacial score (nSPS) is 14.4. The van der Waals surface area contributed by atoms with Gasteiger partial charge >= 0.3 is 0 Å². The third kappa shape index (κ3) is 5.70. The smallest absolute Gasteiger partial charge is 0.253 e. The van der Waals surface area contributed by atoms with Crippen molar-refractivity contribution < 1.29 is 18.3 Å². The molecule has 1 amide bonds. The van der Waals surface area contributed by atoms with Crippen LogP contribution in [0.2, 0.25) is 5.02 Å². The van der Waals surface area contributed by atoms with E-state index in [2.05, 4.69) is 0 Å². The number of hydrogen-bond donors (Lipinski definition) is 0. The van der Waals surface area contributed by atoms with Gasteiger partial charge in [-0.05, 0) is 54.4 Å². The van der Waals surface area contributed by atoms with Gasteiger partial charge in [-0.3, -0.25) is 9.69 Å². The molecule has 3 aromatic rings. The van der Waals surface area contributed by atoms with Gasteiger partial charge in [-0.2, -0.15) is 0 Å². The van der Waals surface area contributed by atoms with Crippen LogP contribution in [0, 0.1) is 18.6 Å². The minimum absolute atomic E-state index is 0.0348. The van der Waals surface area contributed by atoms with Crippen LogP contribution in [-0.2, 0) is 13.2 Å². The highest BCUT2D eigenvalue weighted by Gasteiger charge is 2.23. The minimum Gasteiger partial charge on any atom is -0.489 e. The van der Waals surface area contributed by atoms with Crippen LogP contribution >= 0.6 is 11.6 Å². The second-order valence-corrected chi connectivity index (χ2v) is 8.59. The Kier molecular flexibility index (Phi) is 7.26. The lowest BCUT2D eigenvalue weighted by atomic mass is 10.1. The number of nitrogens with zero attached hydrogens (tertiary/aromatic N) is 2. The van der Waals surface area contributed by atoms with Crippen molar-refractivity contribution in [2.24, 2.45) is 0 Å². The van der Waals surface area contributed by atoms with Crippen molar-refractivity contribution >= 4 is 17.5 Å². The Hall–Kier alpha value is -2.96. The van der Waals surface area contributed by atoms with Crippen LogP contribution in [0.3, 0.4) is 0 Å². The molecule has 172 valence electrons. The number of aryl methyl sites for hydroxylation is 1. The van der Waals surface area contributed by atoms with Crippen LogP contribution in [0.4, 0.5) is 8.78 Å². The minimum atomic E-state index is -0.835. The first-order valence-electron chi connectivity index (χ1n) is 10.8. The highest BCUT2D eigenvalue weighted by atomic mass is 35.5. The summed E-state index contributed by atoms with van der Waals surface area (Å²) in [7, 11) is 0. The maximum absolute atomic E-state index is 13.9. The van der Waals surface area contributed by atoms with Crippen molar-refractivity contribution in [3.8, 4) is 5.75 Å². The molecule has 0 N–H and O–H groups in total. The van der Waals surface area contributed by atoms with Crippen molar-refractivity contribution in [3.05, 3.63) is 99.6 Å². The third-order valence-electron chi connectivity index (χ3n) is 5.82. The molecule has 1 fully saturated rings. The summed E-state index contributed by atoms with van der Waals surface area (Å²) in [6.45, 7) is 4.93. The standard InChI is InChI=1S/C26H25ClF2N2O2/c1-18-15-22(9-10-23(18)27)33-17-19-5-7-20(8-6-19)26(32)31-13-11-30(12-14-31)16-21-3-2-4-24(28)25(21)29/h2-10,15H,11-14,16-17H2,1H3. The Morgan fingerprint density at radius 2 is 1.73 bits per heavy atom. The fourth-order valence-corrected chi connectivity index (χ4v) is 3.94. The van der Waals surface area contributed by atoms with E-state index in [-0.39, 0.29) is 5.91 Å². The molecule has 1 aliphatic rings. The number of amides is 1. The molecule has 0 aliphatic carbocycles. The Labute approximate surface area is 197 Å². The molecule has 1 saturated heterocycles. The summed E-state index contributed by atoms with van der Waals surface area (Å²) < 4.78 is 33.2. The van der Waals surface area contributed by atoms with Gasteiger partial charge in [-0.25, -0.2) is 8.78 Å². The van der Waals surface area contributed by atoms with Gasteiger partial charge in [-0.15, -0.1) is 0 Å². The van der Waals surface area contributed by atoms with Gasteiger partial charge in [0.05, 0.1) is 0 Å². The molecule has 4 nitrogen and oxygen atoms in total. The predicted molar refractivity (Wildman–Crippen MR) is 125 cm³/mol.